The Balaban J connectivity index is 3.21. The number of hydrogen-bond donors (Lipinski definition) is 1. The summed E-state index contributed by atoms with van der Waals surface area (Å²) in [6, 6.07) is 3.34. The summed E-state index contributed by atoms with van der Waals surface area (Å²) in [6.45, 7) is 1.70. The highest BCUT2D eigenvalue weighted by atomic mass is 19.4. The molecule has 0 aliphatic rings. The molecular formula is C10H12F3NO. The predicted molar refractivity (Wildman–Crippen MR) is 50.6 cm³/mol. The van der Waals surface area contributed by atoms with Crippen molar-refractivity contribution in [3.05, 3.63) is 29.3 Å². The smallest absolute Gasteiger partial charge is 0.419 e. The Bertz CT molecular complexity index is 347. The Hall–Kier alpha value is -1.23. The molecule has 0 spiro atoms. The number of methoxy groups -OCH3 is 1. The molecule has 0 saturated carbocycles. The van der Waals surface area contributed by atoms with Gasteiger partial charge in [-0.2, -0.15) is 13.2 Å². The van der Waals surface area contributed by atoms with E-state index in [0.717, 1.165) is 6.07 Å². The second kappa shape index (κ2) is 4.10. The topological polar surface area (TPSA) is 35.2 Å². The van der Waals surface area contributed by atoms with E-state index in [1.807, 2.05) is 0 Å². The molecule has 1 aromatic carbocycles. The second-order valence-electron chi connectivity index (χ2n) is 3.25. The lowest BCUT2D eigenvalue weighted by Crippen LogP contribution is -2.10. The van der Waals surface area contributed by atoms with Crippen molar-refractivity contribution in [3.63, 3.8) is 0 Å². The van der Waals surface area contributed by atoms with Crippen molar-refractivity contribution in [2.45, 2.75) is 19.1 Å². The van der Waals surface area contributed by atoms with E-state index < -0.39 is 11.7 Å². The highest BCUT2D eigenvalue weighted by molar-refractivity contribution is 5.40. The minimum atomic E-state index is -4.40. The van der Waals surface area contributed by atoms with Crippen molar-refractivity contribution in [2.24, 2.45) is 5.73 Å². The van der Waals surface area contributed by atoms with Crippen molar-refractivity contribution in [3.8, 4) is 5.75 Å². The predicted octanol–water partition coefficient (Wildman–Crippen LogP) is 2.73. The lowest BCUT2D eigenvalue weighted by Gasteiger charge is -2.14. The number of rotatable bonds is 2. The van der Waals surface area contributed by atoms with E-state index in [1.54, 1.807) is 6.92 Å². The normalized spacial score (nSPS) is 13.7. The van der Waals surface area contributed by atoms with E-state index in [-0.39, 0.29) is 11.8 Å². The van der Waals surface area contributed by atoms with Gasteiger partial charge in [-0.15, -0.1) is 0 Å². The van der Waals surface area contributed by atoms with Gasteiger partial charge in [0.1, 0.15) is 5.75 Å². The van der Waals surface area contributed by atoms with Crippen LogP contribution in [0.2, 0.25) is 0 Å². The standard InChI is InChI=1S/C10H12F3NO/c1-6(14)7-3-4-8(10(11,12)13)9(5-7)15-2/h3-6H,14H2,1-2H3/t6-/m0/s1. The maximum absolute atomic E-state index is 12.5. The van der Waals surface area contributed by atoms with E-state index in [2.05, 4.69) is 4.74 Å². The first-order valence-corrected chi connectivity index (χ1v) is 4.37. The molecule has 0 amide bonds. The fraction of sp³-hybridized carbons (Fsp3) is 0.400. The van der Waals surface area contributed by atoms with Crippen LogP contribution in [-0.2, 0) is 6.18 Å². The molecule has 15 heavy (non-hydrogen) atoms. The van der Waals surface area contributed by atoms with Crippen LogP contribution in [0.4, 0.5) is 13.2 Å². The van der Waals surface area contributed by atoms with Crippen LogP contribution in [0.5, 0.6) is 5.75 Å². The van der Waals surface area contributed by atoms with Crippen LogP contribution in [-0.4, -0.2) is 7.11 Å². The third-order valence-corrected chi connectivity index (χ3v) is 2.06. The van der Waals surface area contributed by atoms with Crippen LogP contribution in [0, 0.1) is 0 Å². The van der Waals surface area contributed by atoms with E-state index in [0.29, 0.717) is 5.56 Å². The van der Waals surface area contributed by atoms with Gasteiger partial charge in [0.15, 0.2) is 0 Å². The Morgan fingerprint density at radius 1 is 1.33 bits per heavy atom. The molecule has 1 atom stereocenters. The molecule has 0 bridgehead atoms. The van der Waals surface area contributed by atoms with Crippen LogP contribution in [0.25, 0.3) is 0 Å². The monoisotopic (exact) mass is 219 g/mol. The highest BCUT2D eigenvalue weighted by Gasteiger charge is 2.34. The fourth-order valence-corrected chi connectivity index (χ4v) is 1.23. The average Bonchev–Trinajstić information content (AvgIpc) is 2.15. The van der Waals surface area contributed by atoms with Gasteiger partial charge in [-0.05, 0) is 24.6 Å². The third kappa shape index (κ3) is 2.62. The fourth-order valence-electron chi connectivity index (χ4n) is 1.23. The maximum atomic E-state index is 12.5. The first-order valence-electron chi connectivity index (χ1n) is 4.37. The Labute approximate surface area is 85.8 Å². The molecule has 5 heteroatoms. The second-order valence-corrected chi connectivity index (χ2v) is 3.25. The summed E-state index contributed by atoms with van der Waals surface area (Å²) in [7, 11) is 1.20. The van der Waals surface area contributed by atoms with Crippen molar-refractivity contribution in [2.75, 3.05) is 7.11 Å². The van der Waals surface area contributed by atoms with Gasteiger partial charge in [-0.1, -0.05) is 6.07 Å². The van der Waals surface area contributed by atoms with Gasteiger partial charge >= 0.3 is 6.18 Å². The van der Waals surface area contributed by atoms with Gasteiger partial charge in [0.05, 0.1) is 12.7 Å². The summed E-state index contributed by atoms with van der Waals surface area (Å²) in [5, 5.41) is 0. The van der Waals surface area contributed by atoms with Gasteiger partial charge in [-0.3, -0.25) is 0 Å². The molecule has 0 aliphatic carbocycles. The number of hydrogen-bond acceptors (Lipinski definition) is 2. The zero-order chi connectivity index (χ0) is 11.6. The van der Waals surface area contributed by atoms with E-state index >= 15 is 0 Å². The number of nitrogens with two attached hydrogens (primary N) is 1. The number of halogens is 3. The number of alkyl halides is 3. The minimum Gasteiger partial charge on any atom is -0.496 e. The molecule has 84 valence electrons. The summed E-state index contributed by atoms with van der Waals surface area (Å²) in [6.07, 6.45) is -4.40. The molecule has 0 unspecified atom stereocenters. The van der Waals surface area contributed by atoms with Crippen LogP contribution in [0.3, 0.4) is 0 Å². The van der Waals surface area contributed by atoms with Gasteiger partial charge < -0.3 is 10.5 Å². The zero-order valence-corrected chi connectivity index (χ0v) is 8.43. The molecule has 0 aromatic heterocycles. The Morgan fingerprint density at radius 2 is 1.93 bits per heavy atom. The third-order valence-electron chi connectivity index (χ3n) is 2.06. The largest absolute Gasteiger partial charge is 0.496 e. The summed E-state index contributed by atoms with van der Waals surface area (Å²) in [4.78, 5) is 0. The van der Waals surface area contributed by atoms with Gasteiger partial charge in [0, 0.05) is 6.04 Å². The van der Waals surface area contributed by atoms with Crippen LogP contribution in [0.15, 0.2) is 18.2 Å². The van der Waals surface area contributed by atoms with E-state index in [4.69, 9.17) is 5.73 Å². The maximum Gasteiger partial charge on any atom is 0.419 e. The van der Waals surface area contributed by atoms with Gasteiger partial charge in [0.25, 0.3) is 0 Å². The summed E-state index contributed by atoms with van der Waals surface area (Å²) >= 11 is 0. The van der Waals surface area contributed by atoms with Crippen LogP contribution >= 0.6 is 0 Å². The molecule has 0 fully saturated rings. The summed E-state index contributed by atoms with van der Waals surface area (Å²) in [5.74, 6) is -0.197. The number of ether oxygens (including phenoxy) is 1. The lowest BCUT2D eigenvalue weighted by molar-refractivity contribution is -0.138. The Morgan fingerprint density at radius 3 is 2.33 bits per heavy atom. The summed E-state index contributed by atoms with van der Waals surface area (Å²) < 4.78 is 42.1. The van der Waals surface area contributed by atoms with Crippen molar-refractivity contribution in [1.82, 2.24) is 0 Å². The van der Waals surface area contributed by atoms with Gasteiger partial charge in [-0.25, -0.2) is 0 Å². The molecule has 0 aliphatic heterocycles. The Kier molecular flexibility index (Phi) is 3.24. The molecule has 0 heterocycles. The molecule has 0 radical (unpaired) electrons. The first-order chi connectivity index (χ1) is 6.86. The minimum absolute atomic E-state index is 0.197. The van der Waals surface area contributed by atoms with Crippen LogP contribution in [0.1, 0.15) is 24.1 Å². The molecule has 0 saturated heterocycles. The first kappa shape index (κ1) is 11.8. The number of benzene rings is 1. The quantitative estimate of drug-likeness (QED) is 0.830. The molecular weight excluding hydrogens is 207 g/mol. The molecule has 1 aromatic rings. The highest BCUT2D eigenvalue weighted by Crippen LogP contribution is 2.37. The molecule has 1 rings (SSSR count). The van der Waals surface area contributed by atoms with E-state index in [9.17, 15) is 13.2 Å². The lowest BCUT2D eigenvalue weighted by atomic mass is 10.1. The zero-order valence-electron chi connectivity index (χ0n) is 8.43. The van der Waals surface area contributed by atoms with Crippen molar-refractivity contribution < 1.29 is 17.9 Å². The van der Waals surface area contributed by atoms with Crippen molar-refractivity contribution >= 4 is 0 Å². The molecule has 2 N–H and O–H groups in total. The van der Waals surface area contributed by atoms with Crippen LogP contribution < -0.4 is 10.5 Å². The average molecular weight is 219 g/mol. The van der Waals surface area contributed by atoms with Crippen molar-refractivity contribution in [1.29, 1.82) is 0 Å². The van der Waals surface area contributed by atoms with E-state index in [1.165, 1.54) is 19.2 Å². The molecule has 2 nitrogen and oxygen atoms in total. The van der Waals surface area contributed by atoms with Gasteiger partial charge in [0.2, 0.25) is 0 Å². The SMILES string of the molecule is COc1cc([C@H](C)N)ccc1C(F)(F)F. The summed E-state index contributed by atoms with van der Waals surface area (Å²) in [5.41, 5.74) is 5.39.